The lowest BCUT2D eigenvalue weighted by molar-refractivity contribution is -0.115. The van der Waals surface area contributed by atoms with E-state index >= 15 is 0 Å². The molecule has 2 amide bonds. The lowest BCUT2D eigenvalue weighted by Gasteiger charge is -2.15. The molecule has 0 bridgehead atoms. The second-order valence-electron chi connectivity index (χ2n) is 10.1. The molecule has 13 heteroatoms. The van der Waals surface area contributed by atoms with Crippen LogP contribution in [0.4, 0.5) is 5.00 Å². The van der Waals surface area contributed by atoms with Gasteiger partial charge in [0.25, 0.3) is 5.91 Å². The van der Waals surface area contributed by atoms with Crippen LogP contribution in [0.15, 0.2) is 53.7 Å². The molecule has 0 fully saturated rings. The van der Waals surface area contributed by atoms with Crippen LogP contribution in [-0.2, 0) is 28.9 Å². The van der Waals surface area contributed by atoms with Crippen LogP contribution in [0, 0.1) is 0 Å². The first-order valence-electron chi connectivity index (χ1n) is 14.7. The third-order valence-electron chi connectivity index (χ3n) is 7.13. The highest BCUT2D eigenvalue weighted by atomic mass is 32.2. The quantitative estimate of drug-likeness (QED) is 0.143. The molecule has 1 atom stereocenters. The van der Waals surface area contributed by atoms with Crippen molar-refractivity contribution in [3.05, 3.63) is 75.9 Å². The van der Waals surface area contributed by atoms with Crippen molar-refractivity contribution in [2.75, 3.05) is 25.6 Å². The molecule has 1 aliphatic rings. The van der Waals surface area contributed by atoms with Gasteiger partial charge in [-0.05, 0) is 88.1 Å². The van der Waals surface area contributed by atoms with Crippen molar-refractivity contribution < 1.29 is 28.6 Å². The number of anilines is 1. The van der Waals surface area contributed by atoms with Crippen molar-refractivity contribution in [3.8, 4) is 17.2 Å². The van der Waals surface area contributed by atoms with E-state index in [0.717, 1.165) is 35.4 Å². The predicted octanol–water partition coefficient (Wildman–Crippen LogP) is 5.45. The van der Waals surface area contributed by atoms with Crippen LogP contribution in [-0.4, -0.2) is 58.1 Å². The summed E-state index contributed by atoms with van der Waals surface area (Å²) in [4.78, 5) is 40.3. The Morgan fingerprint density at radius 2 is 1.84 bits per heavy atom. The van der Waals surface area contributed by atoms with Crippen molar-refractivity contribution in [2.45, 2.75) is 57.0 Å². The number of amides is 2. The second-order valence-corrected chi connectivity index (χ2v) is 12.5. The highest BCUT2D eigenvalue weighted by Gasteiger charge is 2.30. The maximum absolute atomic E-state index is 13.5. The number of aromatic nitrogens is 3. The summed E-state index contributed by atoms with van der Waals surface area (Å²) >= 11 is 2.66. The number of thioether (sulfide) groups is 1. The van der Waals surface area contributed by atoms with E-state index < -0.39 is 11.2 Å². The molecule has 236 valence electrons. The average molecular weight is 650 g/mol. The number of carbonyl (C=O) groups excluding carboxylic acids is 3. The molecule has 2 aromatic carbocycles. The van der Waals surface area contributed by atoms with Crippen LogP contribution < -0.4 is 20.1 Å². The molecule has 0 saturated carbocycles. The highest BCUT2D eigenvalue weighted by molar-refractivity contribution is 8.00. The summed E-state index contributed by atoms with van der Waals surface area (Å²) in [6.07, 6.45) is 2.66. The monoisotopic (exact) mass is 649 g/mol. The Hall–Kier alpha value is -4.36. The van der Waals surface area contributed by atoms with Gasteiger partial charge in [0.05, 0.1) is 37.7 Å². The van der Waals surface area contributed by atoms with Crippen LogP contribution in [0.25, 0.3) is 5.69 Å². The largest absolute Gasteiger partial charge is 0.497 e. The van der Waals surface area contributed by atoms with Crippen molar-refractivity contribution in [1.82, 2.24) is 20.1 Å². The SMILES string of the molecule is CCOC(=O)c1c(NC(=O)[C@H](C)Sc2nnc(CNC(=O)c3cccc(OC)c3)n2-c2ccc(OCC)cc2)sc2c1CCC2. The van der Waals surface area contributed by atoms with Gasteiger partial charge in [-0.1, -0.05) is 17.8 Å². The predicted molar refractivity (Wildman–Crippen MR) is 173 cm³/mol. The molecule has 45 heavy (non-hydrogen) atoms. The molecule has 2 aromatic heterocycles. The van der Waals surface area contributed by atoms with Crippen LogP contribution >= 0.6 is 23.1 Å². The number of thiophene rings is 1. The van der Waals surface area contributed by atoms with E-state index in [1.165, 1.54) is 23.1 Å². The average Bonchev–Trinajstić information content (AvgIpc) is 3.75. The van der Waals surface area contributed by atoms with Gasteiger partial charge in [0.1, 0.15) is 16.5 Å². The summed E-state index contributed by atoms with van der Waals surface area (Å²) in [5, 5.41) is 15.0. The van der Waals surface area contributed by atoms with Gasteiger partial charge in [-0.2, -0.15) is 0 Å². The van der Waals surface area contributed by atoms with Crippen molar-refractivity contribution >= 4 is 45.9 Å². The molecule has 0 radical (unpaired) electrons. The summed E-state index contributed by atoms with van der Waals surface area (Å²) in [5.74, 6) is 0.780. The Morgan fingerprint density at radius 3 is 2.58 bits per heavy atom. The van der Waals surface area contributed by atoms with E-state index in [9.17, 15) is 14.4 Å². The number of methoxy groups -OCH3 is 1. The lowest BCUT2D eigenvalue weighted by Crippen LogP contribution is -2.25. The normalized spacial score (nSPS) is 12.7. The lowest BCUT2D eigenvalue weighted by atomic mass is 10.1. The first-order valence-corrected chi connectivity index (χ1v) is 16.4. The number of esters is 1. The van der Waals surface area contributed by atoms with Gasteiger partial charge in [-0.25, -0.2) is 4.79 Å². The van der Waals surface area contributed by atoms with Gasteiger partial charge in [0, 0.05) is 16.1 Å². The highest BCUT2D eigenvalue weighted by Crippen LogP contribution is 2.40. The molecule has 0 aliphatic heterocycles. The Kier molecular flexibility index (Phi) is 10.4. The number of ether oxygens (including phenoxy) is 3. The van der Waals surface area contributed by atoms with E-state index in [0.29, 0.717) is 45.2 Å². The zero-order valence-corrected chi connectivity index (χ0v) is 27.2. The van der Waals surface area contributed by atoms with Gasteiger partial charge >= 0.3 is 5.97 Å². The van der Waals surface area contributed by atoms with E-state index in [1.807, 2.05) is 31.2 Å². The Bertz CT molecular complexity index is 1680. The molecule has 2 N–H and O–H groups in total. The maximum Gasteiger partial charge on any atom is 0.341 e. The number of fused-ring (bicyclic) bond motifs is 1. The fourth-order valence-corrected chi connectivity index (χ4v) is 7.14. The molecule has 5 rings (SSSR count). The van der Waals surface area contributed by atoms with E-state index in [4.69, 9.17) is 14.2 Å². The fraction of sp³-hybridized carbons (Fsp3) is 0.344. The summed E-state index contributed by atoms with van der Waals surface area (Å²) in [6, 6.07) is 14.3. The van der Waals surface area contributed by atoms with Crippen LogP contribution in [0.3, 0.4) is 0 Å². The number of rotatable bonds is 13. The molecule has 0 spiro atoms. The summed E-state index contributed by atoms with van der Waals surface area (Å²) in [5.41, 5.74) is 2.63. The zero-order chi connectivity index (χ0) is 31.9. The van der Waals surface area contributed by atoms with E-state index in [-0.39, 0.29) is 25.0 Å². The van der Waals surface area contributed by atoms with E-state index in [2.05, 4.69) is 20.8 Å². The third-order valence-corrected chi connectivity index (χ3v) is 9.38. The van der Waals surface area contributed by atoms with Crippen molar-refractivity contribution in [1.29, 1.82) is 0 Å². The van der Waals surface area contributed by atoms with Gasteiger partial charge in [-0.3, -0.25) is 14.2 Å². The Morgan fingerprint density at radius 1 is 1.04 bits per heavy atom. The molecule has 0 saturated heterocycles. The molecular formula is C32H35N5O6S2. The summed E-state index contributed by atoms with van der Waals surface area (Å²) in [7, 11) is 1.54. The smallest absolute Gasteiger partial charge is 0.341 e. The zero-order valence-electron chi connectivity index (χ0n) is 25.5. The fourth-order valence-electron chi connectivity index (χ4n) is 4.97. The molecule has 2 heterocycles. The molecule has 4 aromatic rings. The molecule has 0 unspecified atom stereocenters. The van der Waals surface area contributed by atoms with Gasteiger partial charge in [-0.15, -0.1) is 21.5 Å². The number of hydrogen-bond acceptors (Lipinski definition) is 10. The van der Waals surface area contributed by atoms with Crippen molar-refractivity contribution in [3.63, 3.8) is 0 Å². The van der Waals surface area contributed by atoms with Crippen LogP contribution in [0.2, 0.25) is 0 Å². The number of aryl methyl sites for hydroxylation is 1. The van der Waals surface area contributed by atoms with Gasteiger partial charge in [0.15, 0.2) is 11.0 Å². The summed E-state index contributed by atoms with van der Waals surface area (Å²) in [6.45, 7) is 6.32. The minimum atomic E-state index is -0.596. The number of nitrogens with zero attached hydrogens (tertiary/aromatic N) is 3. The van der Waals surface area contributed by atoms with Crippen LogP contribution in [0.5, 0.6) is 11.5 Å². The van der Waals surface area contributed by atoms with Gasteiger partial charge in [0.2, 0.25) is 5.91 Å². The molecular weight excluding hydrogens is 615 g/mol. The summed E-state index contributed by atoms with van der Waals surface area (Å²) < 4.78 is 18.0. The number of carbonyl (C=O) groups is 3. The first kappa shape index (κ1) is 32.0. The minimum Gasteiger partial charge on any atom is -0.497 e. The minimum absolute atomic E-state index is 0.0844. The first-order chi connectivity index (χ1) is 21.8. The number of nitrogens with one attached hydrogen (secondary N) is 2. The molecule has 11 nitrogen and oxygen atoms in total. The second kappa shape index (κ2) is 14.6. The van der Waals surface area contributed by atoms with Crippen LogP contribution in [0.1, 0.15) is 64.2 Å². The topological polar surface area (TPSA) is 134 Å². The number of hydrogen-bond donors (Lipinski definition) is 2. The third kappa shape index (κ3) is 7.31. The Balaban J connectivity index is 1.37. The van der Waals surface area contributed by atoms with Crippen molar-refractivity contribution in [2.24, 2.45) is 0 Å². The van der Waals surface area contributed by atoms with E-state index in [1.54, 1.807) is 49.8 Å². The van der Waals surface area contributed by atoms with Gasteiger partial charge < -0.3 is 24.8 Å². The maximum atomic E-state index is 13.5. The number of benzene rings is 2. The molecule has 1 aliphatic carbocycles. The Labute approximate surface area is 269 Å². The standard InChI is InChI=1S/C32H35N5O6S2/c1-5-42-22-15-13-21(14-16-22)37-26(18-33-29(39)20-9-7-10-23(17-20)41-4)35-36-32(37)44-19(3)28(38)34-30-27(31(40)43-6-2)24-11-8-12-25(24)45-30/h7,9-10,13-17,19H,5-6,8,11-12,18H2,1-4H3,(H,33,39)(H,34,38)/t19-/m0/s1.